The summed E-state index contributed by atoms with van der Waals surface area (Å²) in [6.45, 7) is 75.7. The van der Waals surface area contributed by atoms with Crippen molar-refractivity contribution < 1.29 is 109 Å². The fourth-order valence-electron chi connectivity index (χ4n) is 16.9. The van der Waals surface area contributed by atoms with Gasteiger partial charge >= 0.3 is 51.4 Å². The van der Waals surface area contributed by atoms with E-state index in [2.05, 4.69) is 41.5 Å². The minimum absolute atomic E-state index is 0.0884. The van der Waals surface area contributed by atoms with E-state index < -0.39 is 136 Å². The number of rotatable bonds is 40. The molecule has 2 aromatic carbocycles. The van der Waals surface area contributed by atoms with Crippen molar-refractivity contribution in [3.63, 3.8) is 0 Å². The highest BCUT2D eigenvalue weighted by molar-refractivity contribution is 6.72. The number of methoxy groups -OCH3 is 2. The highest BCUT2D eigenvalue weighted by Gasteiger charge is 2.49. The lowest BCUT2D eigenvalue weighted by atomic mass is 9.84. The summed E-state index contributed by atoms with van der Waals surface area (Å²) in [4.78, 5) is 120. The second-order valence-corrected chi connectivity index (χ2v) is 85.7. The molecule has 14 N–H and O–H groups in total. The molecule has 5 atom stereocenters. The number of ether oxygens (including phenoxy) is 3. The van der Waals surface area contributed by atoms with Crippen molar-refractivity contribution in [2.45, 2.75) is 371 Å². The van der Waals surface area contributed by atoms with Crippen LogP contribution in [0.3, 0.4) is 0 Å². The van der Waals surface area contributed by atoms with Crippen molar-refractivity contribution in [3.8, 4) is 0 Å². The average Bonchev–Trinajstić information content (AvgIpc) is 0.789. The molecular weight excluding hydrogens is 1630 g/mol. The molecular formula is C77H174O23Si12. The standard InChI is InChI=1S/C17H32O4Si2.C16H30O4Si2.C13H32O4Si2.C12H30O4Si2.C11H28O4Si2.C8H22O3Si2/c1-16(2,14-22(4,5)18)13-17(20-3,21-23(6,7)19)15-11-9-8-10-12-15;1-15(2,13-21(3,4)18)12-16(17,20-22(5,6)19)14-10-8-7-9-11-14;1-9-16-13(4,17-19(7,8)15)10-12(2,3)11-18(5,6)14;1-11(2,10-17(5,6)13)9-12(3,15-4)16-18(7,8)14;1-10(2,9-16(4,5)13)8-11(3,12)15-17(6,7)14;1-8(2,7-12(3,4)9)11-13(5,6)10/h8-12,18-19H,13-14H2,1-7H3;7-11,17-19H,12-13H2,1-6H3;14-15H,9-11H2,1-8H3;13-14H,9-10H2,1-8H3;12-14H,8-9H2,1-7H3;9-10H,7H2,1-6H3. The number of aliphatic hydroxyl groups is 2. The molecule has 23 nitrogen and oxygen atoms in total. The average molecular weight is 1810 g/mol. The monoisotopic (exact) mass is 1800 g/mol. The van der Waals surface area contributed by atoms with Crippen LogP contribution in [0.25, 0.3) is 0 Å². The van der Waals surface area contributed by atoms with E-state index in [1.165, 1.54) is 0 Å². The van der Waals surface area contributed by atoms with E-state index in [9.17, 15) is 67.8 Å². The SMILES string of the molecule is CC(C)(CC(C)(O)O[Si](C)(C)O)C[Si](C)(C)O.CC(C)(CC(O)(O[Si](C)(C)O)c1ccccc1)C[Si](C)(C)O.CC(C)(C[Si](C)(C)O)O[Si](C)(C)O.CCOC(C)(CC(C)(C)C[Si](C)(C)O)O[Si](C)(C)O.COC(C)(CC(C)(C)C[Si](C)(C)O)O[Si](C)(C)O.COC(CC(C)(C)C[Si](C)(C)O)(O[Si](C)(C)O)c1ccccc1. The van der Waals surface area contributed by atoms with Gasteiger partial charge < -0.3 is 109 Å². The van der Waals surface area contributed by atoms with Gasteiger partial charge in [-0.05, 0) is 262 Å². The van der Waals surface area contributed by atoms with Gasteiger partial charge in [0.25, 0.3) is 0 Å². The first-order valence-electron chi connectivity index (χ1n) is 39.6. The zero-order valence-electron chi connectivity index (χ0n) is 78.7. The third kappa shape index (κ3) is 66.8. The van der Waals surface area contributed by atoms with Crippen molar-refractivity contribution in [2.24, 2.45) is 27.1 Å². The molecule has 112 heavy (non-hydrogen) atoms. The smallest absolute Gasteiger partial charge is 0.331 e. The minimum atomic E-state index is -2.93. The van der Waals surface area contributed by atoms with Gasteiger partial charge in [-0.15, -0.1) is 0 Å². The number of benzene rings is 2. The van der Waals surface area contributed by atoms with Crippen LogP contribution in [-0.4, -0.2) is 213 Å². The fraction of sp³-hybridized carbons (Fsp3) is 0.844. The van der Waals surface area contributed by atoms with Crippen molar-refractivity contribution >= 4 is 101 Å². The molecule has 0 heterocycles. The molecule has 0 aliphatic heterocycles. The Kier molecular flexibility index (Phi) is 46.5. The van der Waals surface area contributed by atoms with Gasteiger partial charge in [-0.3, -0.25) is 0 Å². The molecule has 0 aromatic heterocycles. The predicted octanol–water partition coefficient (Wildman–Crippen LogP) is 16.4. The summed E-state index contributed by atoms with van der Waals surface area (Å²) >= 11 is 0. The van der Waals surface area contributed by atoms with Crippen LogP contribution in [0, 0.1) is 27.1 Å². The van der Waals surface area contributed by atoms with E-state index in [1.54, 1.807) is 112 Å². The maximum atomic E-state index is 11.1. The quantitative estimate of drug-likeness (QED) is 0.0218. The first-order chi connectivity index (χ1) is 48.4. The first kappa shape index (κ1) is 118. The Balaban J connectivity index is -0.000000630. The maximum absolute atomic E-state index is 11.1. The molecule has 35 heteroatoms. The van der Waals surface area contributed by atoms with Gasteiger partial charge in [0.15, 0.2) is 78.8 Å². The van der Waals surface area contributed by atoms with Crippen LogP contribution < -0.4 is 0 Å². The topological polar surface area (TPSA) is 366 Å². The summed E-state index contributed by atoms with van der Waals surface area (Å²) < 4.78 is 51.4. The van der Waals surface area contributed by atoms with Crippen molar-refractivity contribution in [3.05, 3.63) is 71.8 Å². The van der Waals surface area contributed by atoms with E-state index in [4.69, 9.17) is 40.8 Å². The van der Waals surface area contributed by atoms with Gasteiger partial charge in [-0.2, -0.15) is 0 Å². The summed E-state index contributed by atoms with van der Waals surface area (Å²) in [7, 11) is -26.1. The second-order valence-electron chi connectivity index (χ2n) is 43.2. The van der Waals surface area contributed by atoms with Crippen LogP contribution in [0.4, 0.5) is 0 Å². The molecule has 2 rings (SSSR count). The number of hydrogen-bond acceptors (Lipinski definition) is 23. The largest absolute Gasteiger partial charge is 0.432 e. The van der Waals surface area contributed by atoms with E-state index in [-0.39, 0.29) is 27.1 Å². The molecule has 0 radical (unpaired) electrons. The van der Waals surface area contributed by atoms with E-state index >= 15 is 0 Å². The van der Waals surface area contributed by atoms with Crippen LogP contribution >= 0.6 is 0 Å². The highest BCUT2D eigenvalue weighted by Crippen LogP contribution is 2.46. The minimum Gasteiger partial charge on any atom is -0.432 e. The molecule has 5 unspecified atom stereocenters. The summed E-state index contributed by atoms with van der Waals surface area (Å²) in [6, 6.07) is 23.2. The summed E-state index contributed by atoms with van der Waals surface area (Å²) in [5, 5.41) is 21.3. The lowest BCUT2D eigenvalue weighted by Crippen LogP contribution is -2.48. The molecule has 0 spiro atoms. The van der Waals surface area contributed by atoms with E-state index in [0.29, 0.717) is 62.4 Å². The van der Waals surface area contributed by atoms with E-state index in [1.807, 2.05) is 189 Å². The van der Waals surface area contributed by atoms with Crippen LogP contribution in [0.2, 0.25) is 193 Å². The van der Waals surface area contributed by atoms with Gasteiger partial charge in [0.2, 0.25) is 0 Å². The fourth-order valence-corrected chi connectivity index (χ4v) is 38.6. The Hall–Kier alpha value is 0.123. The van der Waals surface area contributed by atoms with Gasteiger partial charge in [0, 0.05) is 64.1 Å². The van der Waals surface area contributed by atoms with Crippen LogP contribution in [-0.2, 0) is 52.3 Å². The lowest BCUT2D eigenvalue weighted by molar-refractivity contribution is -0.205. The molecule has 668 valence electrons. The lowest BCUT2D eigenvalue weighted by Gasteiger charge is -2.43. The first-order valence-corrected chi connectivity index (χ1v) is 75.7. The van der Waals surface area contributed by atoms with Crippen molar-refractivity contribution in [2.75, 3.05) is 20.8 Å². The Morgan fingerprint density at radius 2 is 0.536 bits per heavy atom. The summed E-state index contributed by atoms with van der Waals surface area (Å²) in [6.07, 6.45) is 2.58. The molecule has 0 fully saturated rings. The van der Waals surface area contributed by atoms with Crippen LogP contribution in [0.15, 0.2) is 60.7 Å². The Morgan fingerprint density at radius 1 is 0.277 bits per heavy atom. The van der Waals surface area contributed by atoms with Gasteiger partial charge in [-0.25, -0.2) is 0 Å². The zero-order chi connectivity index (χ0) is 90.6. The third-order valence-electron chi connectivity index (χ3n) is 15.7. The third-order valence-corrected chi connectivity index (χ3v) is 32.0. The second kappa shape index (κ2) is 43.9. The Bertz CT molecular complexity index is 2880. The molecule has 0 amide bonds. The van der Waals surface area contributed by atoms with E-state index in [0.717, 1.165) is 23.7 Å². The Labute approximate surface area is 695 Å². The van der Waals surface area contributed by atoms with Gasteiger partial charge in [-0.1, -0.05) is 130 Å². The molecule has 0 aliphatic carbocycles. The van der Waals surface area contributed by atoms with Gasteiger partial charge in [0.05, 0.1) is 5.60 Å². The predicted molar refractivity (Wildman–Crippen MR) is 489 cm³/mol. The number of hydrogen-bond donors (Lipinski definition) is 14. The van der Waals surface area contributed by atoms with Crippen molar-refractivity contribution in [1.82, 2.24) is 0 Å². The zero-order valence-corrected chi connectivity index (χ0v) is 90.7. The van der Waals surface area contributed by atoms with Gasteiger partial charge in [0.1, 0.15) is 0 Å². The molecule has 0 bridgehead atoms. The van der Waals surface area contributed by atoms with Crippen LogP contribution in [0.1, 0.15) is 154 Å². The Morgan fingerprint density at radius 3 is 0.804 bits per heavy atom. The summed E-state index contributed by atoms with van der Waals surface area (Å²) in [5.41, 5.74) is 0.230. The molecule has 0 saturated heterocycles. The highest BCUT2D eigenvalue weighted by atomic mass is 28.4. The molecule has 0 aliphatic rings. The molecule has 0 saturated carbocycles. The maximum Gasteiger partial charge on any atom is 0.331 e. The van der Waals surface area contributed by atoms with Crippen molar-refractivity contribution in [1.29, 1.82) is 0 Å². The van der Waals surface area contributed by atoms with Crippen LogP contribution in [0.5, 0.6) is 0 Å². The summed E-state index contributed by atoms with van der Waals surface area (Å²) in [5.74, 6) is -5.48. The normalized spacial score (nSPS) is 16.8. The molecule has 2 aromatic rings.